The molecule has 1 heterocycles. The summed E-state index contributed by atoms with van der Waals surface area (Å²) in [5, 5.41) is 35.2. The van der Waals surface area contributed by atoms with Crippen LogP contribution in [0.1, 0.15) is 202 Å². The number of carbonyl (C=O) groups is 2. The van der Waals surface area contributed by atoms with Crippen LogP contribution in [0.2, 0.25) is 0 Å². The minimum Gasteiger partial charge on any atom is -0.447 e. The largest absolute Gasteiger partial charge is 0.447 e. The summed E-state index contributed by atoms with van der Waals surface area (Å²) in [6.07, 6.45) is 23.5. The Balaban J connectivity index is 2.58. The normalized spacial score (nSPS) is 20.7. The van der Waals surface area contributed by atoms with Gasteiger partial charge in [-0.25, -0.2) is 4.79 Å². The van der Waals surface area contributed by atoms with Crippen LogP contribution in [0.3, 0.4) is 0 Å². The molecule has 0 aromatic rings. The molecule has 9 heteroatoms. The maximum atomic E-state index is 13.6. The van der Waals surface area contributed by atoms with Crippen LogP contribution in [-0.2, 0) is 14.3 Å². The molecule has 1 fully saturated rings. The monoisotopic (exact) mass is 727 g/mol. The molecule has 5 atom stereocenters. The molecule has 1 rings (SSSR count). The van der Waals surface area contributed by atoms with E-state index < -0.39 is 36.7 Å². The van der Waals surface area contributed by atoms with E-state index in [1.807, 2.05) is 20.8 Å². The van der Waals surface area contributed by atoms with E-state index in [9.17, 15) is 24.9 Å². The summed E-state index contributed by atoms with van der Waals surface area (Å²) >= 11 is 0. The number of hydrogen-bond acceptors (Lipinski definition) is 7. The lowest BCUT2D eigenvalue weighted by molar-refractivity contribution is -0.262. The van der Waals surface area contributed by atoms with Crippen molar-refractivity contribution in [1.82, 2.24) is 10.2 Å². The minimum absolute atomic E-state index is 0.117. The lowest BCUT2D eigenvalue weighted by Gasteiger charge is -2.45. The van der Waals surface area contributed by atoms with E-state index in [0.717, 1.165) is 38.5 Å². The van der Waals surface area contributed by atoms with Gasteiger partial charge in [-0.3, -0.25) is 4.79 Å². The molecule has 0 aromatic heterocycles. The van der Waals surface area contributed by atoms with E-state index in [4.69, 9.17) is 9.47 Å². The third kappa shape index (κ3) is 23.8. The predicted octanol–water partition coefficient (Wildman–Crippen LogP) is 9.58. The molecular formula is C42H82N2O7. The Morgan fingerprint density at radius 3 is 1.45 bits per heavy atom. The molecule has 302 valence electrons. The number of aliphatic hydroxyl groups is 3. The fourth-order valence-electron chi connectivity index (χ4n) is 6.83. The van der Waals surface area contributed by atoms with Gasteiger partial charge in [-0.15, -0.1) is 0 Å². The zero-order valence-corrected chi connectivity index (χ0v) is 33.8. The third-order valence-electron chi connectivity index (χ3n) is 10.2. The van der Waals surface area contributed by atoms with Crippen LogP contribution in [0.15, 0.2) is 0 Å². The second-order valence-electron chi connectivity index (χ2n) is 16.5. The number of unbranched alkanes of at least 4 members (excludes halogenated alkanes) is 23. The molecule has 1 aliphatic heterocycles. The molecule has 0 bridgehead atoms. The van der Waals surface area contributed by atoms with Crippen molar-refractivity contribution in [3.8, 4) is 0 Å². The number of nitrogens with zero attached hydrogens (tertiary/aromatic N) is 1. The fraction of sp³-hybridized carbons (Fsp3) is 0.952. The topological polar surface area (TPSA) is 129 Å². The van der Waals surface area contributed by atoms with Gasteiger partial charge in [0.25, 0.3) is 0 Å². The van der Waals surface area contributed by atoms with Crippen molar-refractivity contribution in [2.24, 2.45) is 5.41 Å². The van der Waals surface area contributed by atoms with Crippen LogP contribution in [0, 0.1) is 5.41 Å². The van der Waals surface area contributed by atoms with Gasteiger partial charge in [0, 0.05) is 19.5 Å². The van der Waals surface area contributed by atoms with E-state index in [1.54, 1.807) is 4.90 Å². The average molecular weight is 727 g/mol. The Bertz CT molecular complexity index is 852. The fourth-order valence-corrected chi connectivity index (χ4v) is 6.83. The van der Waals surface area contributed by atoms with Gasteiger partial charge in [0.15, 0.2) is 6.23 Å². The lowest BCUT2D eigenvalue weighted by Crippen LogP contribution is -2.64. The van der Waals surface area contributed by atoms with Crippen molar-refractivity contribution in [3.05, 3.63) is 0 Å². The summed E-state index contributed by atoms with van der Waals surface area (Å²) in [5.74, 6) is -0.117. The van der Waals surface area contributed by atoms with Crippen molar-refractivity contribution in [1.29, 1.82) is 0 Å². The molecule has 0 unspecified atom stereocenters. The molecule has 0 saturated carbocycles. The molecule has 1 aliphatic rings. The third-order valence-corrected chi connectivity index (χ3v) is 10.2. The van der Waals surface area contributed by atoms with Crippen LogP contribution in [0.5, 0.6) is 0 Å². The molecule has 0 aromatic carbocycles. The van der Waals surface area contributed by atoms with Crippen LogP contribution in [-0.4, -0.2) is 82.6 Å². The molecule has 0 spiro atoms. The maximum Gasteiger partial charge on any atom is 0.407 e. The zero-order chi connectivity index (χ0) is 37.7. The van der Waals surface area contributed by atoms with Gasteiger partial charge in [-0.05, 0) is 18.3 Å². The smallest absolute Gasteiger partial charge is 0.407 e. The number of amides is 2. The van der Waals surface area contributed by atoms with Gasteiger partial charge in [-0.1, -0.05) is 182 Å². The summed E-state index contributed by atoms with van der Waals surface area (Å²) < 4.78 is 11.4. The highest BCUT2D eigenvalue weighted by Gasteiger charge is 2.47. The first-order valence-corrected chi connectivity index (χ1v) is 21.4. The molecule has 9 nitrogen and oxygen atoms in total. The predicted molar refractivity (Wildman–Crippen MR) is 209 cm³/mol. The van der Waals surface area contributed by atoms with Crippen molar-refractivity contribution in [2.75, 3.05) is 19.7 Å². The Morgan fingerprint density at radius 1 is 0.608 bits per heavy atom. The minimum atomic E-state index is -1.54. The summed E-state index contributed by atoms with van der Waals surface area (Å²) in [4.78, 5) is 27.5. The second-order valence-corrected chi connectivity index (χ2v) is 16.5. The summed E-state index contributed by atoms with van der Waals surface area (Å²) in [5.41, 5.74) is -0.132. The summed E-state index contributed by atoms with van der Waals surface area (Å²) in [6.45, 7) is 11.0. The molecular weight excluding hydrogens is 644 g/mol. The highest BCUT2D eigenvalue weighted by atomic mass is 16.6. The molecule has 1 saturated heterocycles. The van der Waals surface area contributed by atoms with Crippen molar-refractivity contribution >= 4 is 12.0 Å². The van der Waals surface area contributed by atoms with Gasteiger partial charge >= 0.3 is 6.09 Å². The van der Waals surface area contributed by atoms with Crippen molar-refractivity contribution < 1.29 is 34.4 Å². The van der Waals surface area contributed by atoms with Crippen LogP contribution >= 0.6 is 0 Å². The number of nitrogens with one attached hydrogen (secondary N) is 1. The maximum absolute atomic E-state index is 13.6. The number of ether oxygens (including phenoxy) is 2. The zero-order valence-electron chi connectivity index (χ0n) is 33.8. The Kier molecular flexibility index (Phi) is 28.0. The Hall–Kier alpha value is -1.42. The van der Waals surface area contributed by atoms with Gasteiger partial charge in [0.1, 0.15) is 31.0 Å². The molecule has 4 N–H and O–H groups in total. The van der Waals surface area contributed by atoms with E-state index in [2.05, 4.69) is 19.2 Å². The number of carbonyl (C=O) groups excluding carboxylic acids is 2. The van der Waals surface area contributed by atoms with E-state index in [1.165, 1.54) is 122 Å². The number of rotatable bonds is 31. The van der Waals surface area contributed by atoms with Gasteiger partial charge in [0.05, 0.1) is 0 Å². The van der Waals surface area contributed by atoms with Crippen LogP contribution < -0.4 is 5.32 Å². The Morgan fingerprint density at radius 2 is 1.02 bits per heavy atom. The van der Waals surface area contributed by atoms with E-state index in [-0.39, 0.29) is 17.9 Å². The second kappa shape index (κ2) is 30.0. The average Bonchev–Trinajstić information content (AvgIpc) is 3.10. The summed E-state index contributed by atoms with van der Waals surface area (Å²) in [7, 11) is 0. The van der Waals surface area contributed by atoms with E-state index in [0.29, 0.717) is 19.5 Å². The van der Waals surface area contributed by atoms with Gasteiger partial charge in [0.2, 0.25) is 5.91 Å². The summed E-state index contributed by atoms with van der Waals surface area (Å²) in [6, 6.07) is 0. The van der Waals surface area contributed by atoms with Crippen molar-refractivity contribution in [2.45, 2.75) is 232 Å². The first-order valence-electron chi connectivity index (χ1n) is 21.4. The molecule has 0 aliphatic carbocycles. The first kappa shape index (κ1) is 47.6. The quantitative estimate of drug-likeness (QED) is 0.0524. The van der Waals surface area contributed by atoms with Crippen LogP contribution in [0.4, 0.5) is 4.79 Å². The Labute approximate surface area is 313 Å². The first-order chi connectivity index (χ1) is 24.5. The number of alkyl carbamates (subject to hydrolysis) is 1. The van der Waals surface area contributed by atoms with Crippen molar-refractivity contribution in [3.63, 3.8) is 0 Å². The van der Waals surface area contributed by atoms with Gasteiger partial charge < -0.3 is 35.0 Å². The molecule has 2 amide bonds. The molecule has 51 heavy (non-hydrogen) atoms. The SMILES string of the molecule is CCCCCCCCCCCCCCCCCCN(C(=O)CCCCCCCCCCC)[C@@H]1O[C@H](COC(=O)NCC(C)(C)C)[C@@H](O)[C@H](O)[C@H]1O. The molecule has 0 radical (unpaired) electrons. The van der Waals surface area contributed by atoms with E-state index >= 15 is 0 Å². The highest BCUT2D eigenvalue weighted by molar-refractivity contribution is 5.76. The van der Waals surface area contributed by atoms with Gasteiger partial charge in [-0.2, -0.15) is 0 Å². The number of aliphatic hydroxyl groups excluding tert-OH is 3. The lowest BCUT2D eigenvalue weighted by atomic mass is 9.97. The van der Waals surface area contributed by atoms with Crippen LogP contribution in [0.25, 0.3) is 0 Å². The highest BCUT2D eigenvalue weighted by Crippen LogP contribution is 2.26. The number of hydrogen-bond donors (Lipinski definition) is 4. The standard InChI is InChI=1S/C42H82N2O7/c1-6-8-10-12-14-16-17-18-19-20-21-22-24-26-28-30-32-44(36(45)31-29-27-25-23-15-13-11-9-7-2)40-39(48)38(47)37(46)35(51-40)33-50-41(49)43-34-42(3,4)5/h35,37-40,46-48H,6-34H2,1-5H3,(H,43,49)/t35-,37-,38+,39-,40-/m1/s1.